The number of carbonyl (C=O) groups excluding carboxylic acids is 1. The summed E-state index contributed by atoms with van der Waals surface area (Å²) in [6, 6.07) is 8.01. The zero-order valence-corrected chi connectivity index (χ0v) is 13.5. The Hall–Kier alpha value is -1.44. The van der Waals surface area contributed by atoms with Crippen LogP contribution in [0.15, 0.2) is 28.8 Å². The van der Waals surface area contributed by atoms with E-state index in [2.05, 4.69) is 38.0 Å². The average Bonchev–Trinajstić information content (AvgIpc) is 2.85. The molecule has 2 aromatic rings. The predicted octanol–water partition coefficient (Wildman–Crippen LogP) is 2.80. The zero-order valence-electron chi connectivity index (χ0n) is 11.4. The van der Waals surface area contributed by atoms with E-state index < -0.39 is 0 Å². The third-order valence-electron chi connectivity index (χ3n) is 2.59. The van der Waals surface area contributed by atoms with Crippen LogP contribution < -0.4 is 5.32 Å². The first-order valence-electron chi connectivity index (χ1n) is 6.42. The molecule has 1 heterocycles. The fourth-order valence-electron chi connectivity index (χ4n) is 1.69. The molecule has 0 saturated carbocycles. The number of carbonyl (C=O) groups is 1. The van der Waals surface area contributed by atoms with Crippen LogP contribution in [0.5, 0.6) is 0 Å². The van der Waals surface area contributed by atoms with Gasteiger partial charge in [-0.25, -0.2) is 0 Å². The Bertz CT molecular complexity index is 578. The van der Waals surface area contributed by atoms with Gasteiger partial charge in [-0.2, -0.15) is 4.98 Å². The van der Waals surface area contributed by atoms with Crippen molar-refractivity contribution in [2.24, 2.45) is 0 Å². The van der Waals surface area contributed by atoms with Gasteiger partial charge < -0.3 is 9.84 Å². The third-order valence-corrected chi connectivity index (χ3v) is 3.31. The molecule has 1 aromatic carbocycles. The molecule has 0 radical (unpaired) electrons. The molecule has 1 aromatic heterocycles. The van der Waals surface area contributed by atoms with E-state index in [1.165, 1.54) is 0 Å². The lowest BCUT2D eigenvalue weighted by molar-refractivity contribution is -0.121. The molecule has 0 aliphatic heterocycles. The Morgan fingerprint density at radius 1 is 1.35 bits per heavy atom. The van der Waals surface area contributed by atoms with E-state index in [4.69, 9.17) is 4.52 Å². The highest BCUT2D eigenvalue weighted by atomic mass is 127. The largest absolute Gasteiger partial charge is 0.354 e. The lowest BCUT2D eigenvalue weighted by Crippen LogP contribution is -2.30. The van der Waals surface area contributed by atoms with Gasteiger partial charge in [0.1, 0.15) is 0 Å². The van der Waals surface area contributed by atoms with Gasteiger partial charge in [0.25, 0.3) is 0 Å². The van der Waals surface area contributed by atoms with Crippen LogP contribution in [0.3, 0.4) is 0 Å². The van der Waals surface area contributed by atoms with Crippen molar-refractivity contribution in [1.29, 1.82) is 0 Å². The maximum absolute atomic E-state index is 11.5. The van der Waals surface area contributed by atoms with E-state index in [1.54, 1.807) is 0 Å². The topological polar surface area (TPSA) is 68.0 Å². The van der Waals surface area contributed by atoms with Gasteiger partial charge in [0.05, 0.1) is 0 Å². The van der Waals surface area contributed by atoms with E-state index in [9.17, 15) is 4.79 Å². The minimum atomic E-state index is -0.00554. The Kier molecular flexibility index (Phi) is 5.11. The molecule has 2 rings (SSSR count). The number of nitrogens with zero attached hydrogens (tertiary/aromatic N) is 2. The number of halogens is 1. The second kappa shape index (κ2) is 6.83. The normalized spacial score (nSPS) is 10.8. The summed E-state index contributed by atoms with van der Waals surface area (Å²) >= 11 is 2.24. The van der Waals surface area contributed by atoms with Crippen molar-refractivity contribution in [3.8, 4) is 11.4 Å². The maximum Gasteiger partial charge on any atom is 0.227 e. The van der Waals surface area contributed by atoms with E-state index in [0.717, 1.165) is 9.13 Å². The summed E-state index contributed by atoms with van der Waals surface area (Å²) in [7, 11) is 0. The Morgan fingerprint density at radius 2 is 2.05 bits per heavy atom. The SMILES string of the molecule is CC(C)NC(=O)CCc1nc(-c2ccc(I)cc2)no1. The van der Waals surface area contributed by atoms with Crippen LogP contribution >= 0.6 is 22.6 Å². The van der Waals surface area contributed by atoms with Crippen molar-refractivity contribution < 1.29 is 9.32 Å². The number of nitrogens with one attached hydrogen (secondary N) is 1. The highest BCUT2D eigenvalue weighted by Gasteiger charge is 2.11. The van der Waals surface area contributed by atoms with Crippen LogP contribution in [0, 0.1) is 3.57 Å². The minimum Gasteiger partial charge on any atom is -0.354 e. The van der Waals surface area contributed by atoms with Crippen LogP contribution in [-0.2, 0) is 11.2 Å². The Balaban J connectivity index is 1.95. The molecule has 1 amide bonds. The first-order valence-corrected chi connectivity index (χ1v) is 7.50. The summed E-state index contributed by atoms with van der Waals surface area (Å²) in [6.07, 6.45) is 0.808. The van der Waals surface area contributed by atoms with Crippen LogP contribution in [0.2, 0.25) is 0 Å². The predicted molar refractivity (Wildman–Crippen MR) is 84.1 cm³/mol. The van der Waals surface area contributed by atoms with Crippen molar-refractivity contribution in [2.45, 2.75) is 32.7 Å². The van der Waals surface area contributed by atoms with E-state index in [-0.39, 0.29) is 11.9 Å². The molecular weight excluding hydrogens is 369 g/mol. The molecule has 0 spiro atoms. The van der Waals surface area contributed by atoms with Crippen molar-refractivity contribution in [3.05, 3.63) is 33.7 Å². The molecule has 6 heteroatoms. The van der Waals surface area contributed by atoms with Gasteiger partial charge in [-0.05, 0) is 48.6 Å². The average molecular weight is 385 g/mol. The smallest absolute Gasteiger partial charge is 0.227 e. The number of amides is 1. The van der Waals surface area contributed by atoms with Gasteiger partial charge in [0.2, 0.25) is 17.6 Å². The van der Waals surface area contributed by atoms with Gasteiger partial charge in [0, 0.05) is 28.0 Å². The second-order valence-electron chi connectivity index (χ2n) is 4.74. The lowest BCUT2D eigenvalue weighted by Gasteiger charge is -2.06. The molecule has 0 bridgehead atoms. The number of rotatable bonds is 5. The van der Waals surface area contributed by atoms with Gasteiger partial charge >= 0.3 is 0 Å². The lowest BCUT2D eigenvalue weighted by atomic mass is 10.2. The molecule has 5 nitrogen and oxygen atoms in total. The maximum atomic E-state index is 11.5. The highest BCUT2D eigenvalue weighted by Crippen LogP contribution is 2.17. The molecule has 106 valence electrons. The molecular formula is C14H16IN3O2. The molecule has 0 aliphatic rings. The number of aromatic nitrogens is 2. The van der Waals surface area contributed by atoms with E-state index >= 15 is 0 Å². The zero-order chi connectivity index (χ0) is 14.5. The summed E-state index contributed by atoms with van der Waals surface area (Å²) in [4.78, 5) is 15.8. The second-order valence-corrected chi connectivity index (χ2v) is 5.99. The van der Waals surface area contributed by atoms with Gasteiger partial charge in [-0.1, -0.05) is 17.3 Å². The molecule has 0 saturated heterocycles. The first kappa shape index (κ1) is 15.0. The number of hydrogen-bond acceptors (Lipinski definition) is 4. The Labute approximate surface area is 131 Å². The number of aryl methyl sites for hydroxylation is 1. The van der Waals surface area contributed by atoms with Crippen LogP contribution in [0.1, 0.15) is 26.2 Å². The fourth-order valence-corrected chi connectivity index (χ4v) is 2.05. The van der Waals surface area contributed by atoms with Crippen molar-refractivity contribution in [1.82, 2.24) is 15.5 Å². The van der Waals surface area contributed by atoms with Crippen molar-refractivity contribution in [2.75, 3.05) is 0 Å². The molecule has 0 fully saturated rings. The van der Waals surface area contributed by atoms with E-state index in [0.29, 0.717) is 24.6 Å². The Morgan fingerprint density at radius 3 is 2.70 bits per heavy atom. The van der Waals surface area contributed by atoms with Gasteiger partial charge in [-0.15, -0.1) is 0 Å². The van der Waals surface area contributed by atoms with Gasteiger partial charge in [-0.3, -0.25) is 4.79 Å². The molecule has 0 unspecified atom stereocenters. The van der Waals surface area contributed by atoms with Crippen molar-refractivity contribution >= 4 is 28.5 Å². The summed E-state index contributed by atoms with van der Waals surface area (Å²) in [6.45, 7) is 3.86. The molecule has 20 heavy (non-hydrogen) atoms. The standard InChI is InChI=1S/C14H16IN3O2/c1-9(2)16-12(19)7-8-13-17-14(18-20-13)10-3-5-11(15)6-4-10/h3-6,9H,7-8H2,1-2H3,(H,16,19). The van der Waals surface area contributed by atoms with Crippen LogP contribution in [0.25, 0.3) is 11.4 Å². The van der Waals surface area contributed by atoms with Gasteiger partial charge in [0.15, 0.2) is 0 Å². The fraction of sp³-hybridized carbons (Fsp3) is 0.357. The minimum absolute atomic E-state index is 0.00554. The van der Waals surface area contributed by atoms with Crippen LogP contribution in [0.4, 0.5) is 0 Å². The molecule has 0 aliphatic carbocycles. The van der Waals surface area contributed by atoms with E-state index in [1.807, 2.05) is 38.1 Å². The number of benzene rings is 1. The number of hydrogen-bond donors (Lipinski definition) is 1. The monoisotopic (exact) mass is 385 g/mol. The molecule has 0 atom stereocenters. The quantitative estimate of drug-likeness (QED) is 0.804. The summed E-state index contributed by atoms with van der Waals surface area (Å²) in [5.41, 5.74) is 0.909. The summed E-state index contributed by atoms with van der Waals surface area (Å²) in [5, 5.41) is 6.76. The summed E-state index contributed by atoms with van der Waals surface area (Å²) < 4.78 is 6.31. The third kappa shape index (κ3) is 4.29. The van der Waals surface area contributed by atoms with Crippen LogP contribution in [-0.4, -0.2) is 22.1 Å². The summed E-state index contributed by atoms with van der Waals surface area (Å²) in [5.74, 6) is 1.03. The molecule has 1 N–H and O–H groups in total. The first-order chi connectivity index (χ1) is 9.54. The highest BCUT2D eigenvalue weighted by molar-refractivity contribution is 14.1. The van der Waals surface area contributed by atoms with Crippen molar-refractivity contribution in [3.63, 3.8) is 0 Å².